The van der Waals surface area contributed by atoms with E-state index in [4.69, 9.17) is 0 Å². The van der Waals surface area contributed by atoms with Gasteiger partial charge in [-0.15, -0.1) is 6.58 Å². The van der Waals surface area contributed by atoms with Gasteiger partial charge in [0.15, 0.2) is 0 Å². The zero-order valence-corrected chi connectivity index (χ0v) is 16.3. The summed E-state index contributed by atoms with van der Waals surface area (Å²) in [6.07, 6.45) is 3.40. The molecule has 28 heavy (non-hydrogen) atoms. The van der Waals surface area contributed by atoms with Crippen molar-refractivity contribution in [3.05, 3.63) is 84.3 Å². The molecule has 1 amide bonds. The molecule has 0 radical (unpaired) electrons. The maximum absolute atomic E-state index is 13.9. The number of allylic oxidation sites excluding steroid dienone is 1. The number of hydrogen-bond acceptors (Lipinski definition) is 2. The minimum atomic E-state index is -0.607. The number of amides is 1. The molecular formula is C24H25FN2O. The summed E-state index contributed by atoms with van der Waals surface area (Å²) in [5.74, 6) is -0.441. The molecular weight excluding hydrogens is 351 g/mol. The molecule has 144 valence electrons. The van der Waals surface area contributed by atoms with Crippen LogP contribution in [-0.4, -0.2) is 10.9 Å². The molecule has 0 bridgehead atoms. The first-order chi connectivity index (χ1) is 13.4. The van der Waals surface area contributed by atoms with E-state index in [0.29, 0.717) is 35.9 Å². The predicted octanol–water partition coefficient (Wildman–Crippen LogP) is 5.92. The number of carbonyl (C=O) groups excluding carboxylic acids is 1. The van der Waals surface area contributed by atoms with Crippen molar-refractivity contribution in [1.82, 2.24) is 4.98 Å². The molecule has 0 aliphatic carbocycles. The molecule has 1 N–H and O–H groups in total. The van der Waals surface area contributed by atoms with E-state index in [1.807, 2.05) is 44.2 Å². The maximum atomic E-state index is 13.9. The lowest BCUT2D eigenvalue weighted by molar-refractivity contribution is -0.125. The number of halogens is 1. The van der Waals surface area contributed by atoms with Crippen LogP contribution >= 0.6 is 0 Å². The van der Waals surface area contributed by atoms with Gasteiger partial charge in [0, 0.05) is 5.39 Å². The number of anilines is 1. The second kappa shape index (κ2) is 8.34. The molecule has 0 spiro atoms. The number of para-hydroxylation sites is 1. The minimum absolute atomic E-state index is 0.0700. The van der Waals surface area contributed by atoms with Gasteiger partial charge in [-0.25, -0.2) is 4.39 Å². The van der Waals surface area contributed by atoms with Crippen LogP contribution in [0.4, 0.5) is 10.1 Å². The molecule has 3 nitrogen and oxygen atoms in total. The van der Waals surface area contributed by atoms with Gasteiger partial charge in [-0.3, -0.25) is 9.78 Å². The van der Waals surface area contributed by atoms with Gasteiger partial charge in [0.2, 0.25) is 5.91 Å². The van der Waals surface area contributed by atoms with E-state index in [-0.39, 0.29) is 11.7 Å². The first kappa shape index (κ1) is 19.7. The van der Waals surface area contributed by atoms with Gasteiger partial charge >= 0.3 is 0 Å². The highest BCUT2D eigenvalue weighted by Crippen LogP contribution is 2.35. The molecule has 1 aromatic heterocycles. The summed E-state index contributed by atoms with van der Waals surface area (Å²) in [6, 6.07) is 16.6. The van der Waals surface area contributed by atoms with Crippen LogP contribution in [-0.2, 0) is 11.2 Å². The van der Waals surface area contributed by atoms with Crippen molar-refractivity contribution >= 4 is 22.5 Å². The number of rotatable bonds is 7. The SMILES string of the molecule is C=C(C)CC(CC)(Cc1ccccc1)C(=O)Nc1cnc2c(F)cccc2c1. The summed E-state index contributed by atoms with van der Waals surface area (Å²) in [5.41, 5.74) is 2.33. The zero-order chi connectivity index (χ0) is 20.1. The third-order valence-electron chi connectivity index (χ3n) is 5.10. The van der Waals surface area contributed by atoms with Crippen LogP contribution in [0.5, 0.6) is 0 Å². The summed E-state index contributed by atoms with van der Waals surface area (Å²) in [5, 5.41) is 3.66. The summed E-state index contributed by atoms with van der Waals surface area (Å²) in [7, 11) is 0. The van der Waals surface area contributed by atoms with Gasteiger partial charge < -0.3 is 5.32 Å². The van der Waals surface area contributed by atoms with Crippen molar-refractivity contribution in [2.75, 3.05) is 5.32 Å². The fourth-order valence-electron chi connectivity index (χ4n) is 3.65. The highest BCUT2D eigenvalue weighted by atomic mass is 19.1. The number of nitrogens with one attached hydrogen (secondary N) is 1. The summed E-state index contributed by atoms with van der Waals surface area (Å²) >= 11 is 0. The Morgan fingerprint density at radius 1 is 1.18 bits per heavy atom. The van der Waals surface area contributed by atoms with Crippen molar-refractivity contribution < 1.29 is 9.18 Å². The highest BCUT2D eigenvalue weighted by molar-refractivity contribution is 5.97. The molecule has 0 fully saturated rings. The third-order valence-corrected chi connectivity index (χ3v) is 5.10. The Balaban J connectivity index is 1.91. The third kappa shape index (κ3) is 4.28. The number of benzene rings is 2. The van der Waals surface area contributed by atoms with E-state index >= 15 is 0 Å². The van der Waals surface area contributed by atoms with E-state index < -0.39 is 5.41 Å². The number of hydrogen-bond donors (Lipinski definition) is 1. The lowest BCUT2D eigenvalue weighted by Crippen LogP contribution is -2.38. The predicted molar refractivity (Wildman–Crippen MR) is 113 cm³/mol. The molecule has 0 aliphatic heterocycles. The number of fused-ring (bicyclic) bond motifs is 1. The standard InChI is InChI=1S/C24H25FN2O/c1-4-24(14-17(2)3,15-18-9-6-5-7-10-18)23(28)27-20-13-19-11-8-12-21(25)22(19)26-16-20/h5-13,16H,2,4,14-15H2,1,3H3,(H,27,28). The molecule has 0 saturated carbocycles. The van der Waals surface area contributed by atoms with Gasteiger partial charge in [0.1, 0.15) is 11.3 Å². The first-order valence-corrected chi connectivity index (χ1v) is 9.47. The van der Waals surface area contributed by atoms with Crippen molar-refractivity contribution in [2.45, 2.75) is 33.1 Å². The largest absolute Gasteiger partial charge is 0.324 e. The Labute approximate surface area is 165 Å². The van der Waals surface area contributed by atoms with Gasteiger partial charge in [0.25, 0.3) is 0 Å². The van der Waals surface area contributed by atoms with E-state index in [1.165, 1.54) is 12.3 Å². The van der Waals surface area contributed by atoms with Gasteiger partial charge in [-0.05, 0) is 43.9 Å². The Morgan fingerprint density at radius 3 is 2.61 bits per heavy atom. The van der Waals surface area contributed by atoms with Crippen LogP contribution in [0.3, 0.4) is 0 Å². The monoisotopic (exact) mass is 376 g/mol. The van der Waals surface area contributed by atoms with E-state index in [9.17, 15) is 9.18 Å². The molecule has 3 rings (SSSR count). The van der Waals surface area contributed by atoms with Crippen LogP contribution < -0.4 is 5.32 Å². The fourth-order valence-corrected chi connectivity index (χ4v) is 3.65. The maximum Gasteiger partial charge on any atom is 0.231 e. The second-order valence-corrected chi connectivity index (χ2v) is 7.42. The topological polar surface area (TPSA) is 42.0 Å². The molecule has 2 aromatic carbocycles. The quantitative estimate of drug-likeness (QED) is 0.520. The molecule has 0 saturated heterocycles. The highest BCUT2D eigenvalue weighted by Gasteiger charge is 2.37. The molecule has 1 unspecified atom stereocenters. The average Bonchev–Trinajstić information content (AvgIpc) is 2.68. The second-order valence-electron chi connectivity index (χ2n) is 7.42. The summed E-state index contributed by atoms with van der Waals surface area (Å²) in [6.45, 7) is 8.01. The van der Waals surface area contributed by atoms with Crippen molar-refractivity contribution in [1.29, 1.82) is 0 Å². The Morgan fingerprint density at radius 2 is 1.93 bits per heavy atom. The number of aromatic nitrogens is 1. The normalized spacial score (nSPS) is 13.1. The van der Waals surface area contributed by atoms with E-state index in [0.717, 1.165) is 11.1 Å². The Hall–Kier alpha value is -3.01. The minimum Gasteiger partial charge on any atom is -0.324 e. The van der Waals surface area contributed by atoms with Gasteiger partial charge in [-0.2, -0.15) is 0 Å². The van der Waals surface area contributed by atoms with Crippen LogP contribution in [0.15, 0.2) is 72.9 Å². The van der Waals surface area contributed by atoms with Gasteiger partial charge in [0.05, 0.1) is 17.3 Å². The van der Waals surface area contributed by atoms with E-state index in [1.54, 1.807) is 18.2 Å². The molecule has 1 heterocycles. The van der Waals surface area contributed by atoms with Crippen LogP contribution in [0.2, 0.25) is 0 Å². The first-order valence-electron chi connectivity index (χ1n) is 9.47. The molecule has 3 aromatic rings. The van der Waals surface area contributed by atoms with E-state index in [2.05, 4.69) is 16.9 Å². The molecule has 1 atom stereocenters. The molecule has 0 aliphatic rings. The lowest BCUT2D eigenvalue weighted by atomic mass is 9.74. The summed E-state index contributed by atoms with van der Waals surface area (Å²) < 4.78 is 13.9. The number of pyridine rings is 1. The van der Waals surface area contributed by atoms with Crippen LogP contribution in [0.25, 0.3) is 10.9 Å². The molecule has 4 heteroatoms. The van der Waals surface area contributed by atoms with Crippen molar-refractivity contribution in [2.24, 2.45) is 5.41 Å². The summed E-state index contributed by atoms with van der Waals surface area (Å²) in [4.78, 5) is 17.5. The Bertz CT molecular complexity index is 1000. The fraction of sp³-hybridized carbons (Fsp3) is 0.250. The van der Waals surface area contributed by atoms with Crippen LogP contribution in [0.1, 0.15) is 32.3 Å². The number of nitrogens with zero attached hydrogens (tertiary/aromatic N) is 1. The number of carbonyl (C=O) groups is 1. The van der Waals surface area contributed by atoms with Gasteiger partial charge in [-0.1, -0.05) is 55.0 Å². The zero-order valence-electron chi connectivity index (χ0n) is 16.3. The van der Waals surface area contributed by atoms with Crippen LogP contribution in [0, 0.1) is 11.2 Å². The lowest BCUT2D eigenvalue weighted by Gasteiger charge is -2.32. The van der Waals surface area contributed by atoms with Crippen molar-refractivity contribution in [3.63, 3.8) is 0 Å². The van der Waals surface area contributed by atoms with Crippen molar-refractivity contribution in [3.8, 4) is 0 Å². The smallest absolute Gasteiger partial charge is 0.231 e. The Kier molecular flexibility index (Phi) is 5.88. The average molecular weight is 376 g/mol.